The van der Waals surface area contributed by atoms with Crippen molar-refractivity contribution < 1.29 is 23.3 Å². The van der Waals surface area contributed by atoms with Gasteiger partial charge in [0, 0.05) is 18.0 Å². The summed E-state index contributed by atoms with van der Waals surface area (Å²) in [7, 11) is 0. The monoisotopic (exact) mass is 456 g/mol. The topological polar surface area (TPSA) is 113 Å². The lowest BCUT2D eigenvalue weighted by atomic mass is 10.1. The zero-order valence-electron chi connectivity index (χ0n) is 18.5. The van der Waals surface area contributed by atoms with Gasteiger partial charge in [-0.15, -0.1) is 0 Å². The summed E-state index contributed by atoms with van der Waals surface area (Å²) in [6.45, 7) is 3.69. The molecular formula is C25H20N4O5. The second-order valence-electron chi connectivity index (χ2n) is 7.62. The van der Waals surface area contributed by atoms with Crippen LogP contribution < -0.4 is 4.74 Å². The lowest BCUT2D eigenvalue weighted by Crippen LogP contribution is -2.09. The molecule has 34 heavy (non-hydrogen) atoms. The summed E-state index contributed by atoms with van der Waals surface area (Å²) in [6.07, 6.45) is 3.28. The predicted molar refractivity (Wildman–Crippen MR) is 121 cm³/mol. The molecule has 0 atom stereocenters. The van der Waals surface area contributed by atoms with E-state index in [2.05, 4.69) is 20.3 Å². The zero-order valence-corrected chi connectivity index (χ0v) is 18.5. The number of hydrogen-bond donors (Lipinski definition) is 0. The van der Waals surface area contributed by atoms with Crippen molar-refractivity contribution in [1.29, 1.82) is 0 Å². The molecule has 0 saturated heterocycles. The van der Waals surface area contributed by atoms with Gasteiger partial charge in [0.15, 0.2) is 6.61 Å². The van der Waals surface area contributed by atoms with Gasteiger partial charge in [0.05, 0.1) is 11.3 Å². The molecule has 0 aliphatic carbocycles. The highest BCUT2D eigenvalue weighted by Crippen LogP contribution is 2.29. The molecule has 3 heterocycles. The number of carbonyl (C=O) groups is 1. The maximum absolute atomic E-state index is 13.0. The minimum Gasteiger partial charge on any atom is -0.488 e. The third-order valence-corrected chi connectivity index (χ3v) is 5.34. The summed E-state index contributed by atoms with van der Waals surface area (Å²) < 4.78 is 21.9. The Kier molecular flexibility index (Phi) is 5.73. The molecule has 0 N–H and O–H groups in total. The van der Waals surface area contributed by atoms with Crippen molar-refractivity contribution in [1.82, 2.24) is 20.3 Å². The second kappa shape index (κ2) is 9.14. The number of aryl methyl sites for hydroxylation is 2. The van der Waals surface area contributed by atoms with Crippen LogP contribution in [0.1, 0.15) is 33.3 Å². The Balaban J connectivity index is 1.36. The summed E-state index contributed by atoms with van der Waals surface area (Å²) >= 11 is 0. The van der Waals surface area contributed by atoms with Crippen LogP contribution in [0.15, 0.2) is 70.0 Å². The van der Waals surface area contributed by atoms with Crippen molar-refractivity contribution in [2.45, 2.75) is 27.1 Å². The molecule has 5 rings (SSSR count). The van der Waals surface area contributed by atoms with Crippen molar-refractivity contribution in [3.8, 4) is 17.1 Å². The van der Waals surface area contributed by atoms with E-state index in [-0.39, 0.29) is 24.7 Å². The first-order chi connectivity index (χ1) is 16.6. The number of aromatic nitrogens is 4. The van der Waals surface area contributed by atoms with E-state index in [1.807, 2.05) is 50.2 Å². The van der Waals surface area contributed by atoms with Crippen LogP contribution in [0.2, 0.25) is 0 Å². The molecule has 170 valence electrons. The molecule has 0 aliphatic heterocycles. The van der Waals surface area contributed by atoms with Crippen LogP contribution in [0.25, 0.3) is 22.2 Å². The third kappa shape index (κ3) is 4.36. The number of carbonyl (C=O) groups excluding carboxylic acids is 1. The van der Waals surface area contributed by atoms with Gasteiger partial charge in [0.2, 0.25) is 5.82 Å². The van der Waals surface area contributed by atoms with Gasteiger partial charge in [-0.2, -0.15) is 4.98 Å². The van der Waals surface area contributed by atoms with Crippen LogP contribution in [0.5, 0.6) is 5.75 Å². The average Bonchev–Trinajstić information content (AvgIpc) is 3.47. The number of fused-ring (bicyclic) bond motifs is 1. The van der Waals surface area contributed by atoms with Gasteiger partial charge >= 0.3 is 5.97 Å². The summed E-state index contributed by atoms with van der Waals surface area (Å²) in [5, 5.41) is 9.68. The van der Waals surface area contributed by atoms with Crippen molar-refractivity contribution in [2.75, 3.05) is 0 Å². The smallest absolute Gasteiger partial charge is 0.342 e. The molecule has 0 fully saturated rings. The van der Waals surface area contributed by atoms with Crippen molar-refractivity contribution in [3.63, 3.8) is 0 Å². The summed E-state index contributed by atoms with van der Waals surface area (Å²) in [5.41, 5.74) is 2.57. The van der Waals surface area contributed by atoms with E-state index in [1.54, 1.807) is 24.5 Å². The minimum absolute atomic E-state index is 0.172. The average molecular weight is 456 g/mol. The second-order valence-corrected chi connectivity index (χ2v) is 7.62. The molecule has 0 radical (unpaired) electrons. The van der Waals surface area contributed by atoms with E-state index >= 15 is 0 Å². The van der Waals surface area contributed by atoms with Crippen LogP contribution in [-0.4, -0.2) is 26.3 Å². The predicted octanol–water partition coefficient (Wildman–Crippen LogP) is 4.83. The van der Waals surface area contributed by atoms with E-state index < -0.39 is 5.97 Å². The standard InChI is InChI=1S/C25H20N4O5/c1-15-21(16(2)33-28-15)13-31-22-11-18-7-4-3-6-17(18)10-20(22)25(30)32-14-23-27-24(29-34-23)19-8-5-9-26-12-19/h3-12H,13-14H2,1-2H3. The van der Waals surface area contributed by atoms with Crippen LogP contribution >= 0.6 is 0 Å². The molecule has 0 unspecified atom stereocenters. The van der Waals surface area contributed by atoms with Crippen LogP contribution in [0, 0.1) is 13.8 Å². The highest BCUT2D eigenvalue weighted by molar-refractivity contribution is 5.98. The number of pyridine rings is 1. The fourth-order valence-corrected chi connectivity index (χ4v) is 3.49. The Morgan fingerprint density at radius 1 is 0.971 bits per heavy atom. The molecule has 2 aromatic carbocycles. The first-order valence-corrected chi connectivity index (χ1v) is 10.6. The summed E-state index contributed by atoms with van der Waals surface area (Å²) in [4.78, 5) is 21.3. The minimum atomic E-state index is -0.569. The van der Waals surface area contributed by atoms with E-state index in [1.165, 1.54) is 0 Å². The Hall–Kier alpha value is -4.53. The first-order valence-electron chi connectivity index (χ1n) is 10.6. The normalized spacial score (nSPS) is 11.0. The quantitative estimate of drug-likeness (QED) is 0.318. The molecule has 0 amide bonds. The highest BCUT2D eigenvalue weighted by Gasteiger charge is 2.19. The Labute approximate surface area is 194 Å². The van der Waals surface area contributed by atoms with Crippen LogP contribution in [-0.2, 0) is 18.0 Å². The van der Waals surface area contributed by atoms with Crippen LogP contribution in [0.4, 0.5) is 0 Å². The highest BCUT2D eigenvalue weighted by atomic mass is 16.6. The van der Waals surface area contributed by atoms with Gasteiger partial charge < -0.3 is 18.5 Å². The zero-order chi connectivity index (χ0) is 23.5. The van der Waals surface area contributed by atoms with Gasteiger partial charge in [-0.25, -0.2) is 4.79 Å². The van der Waals surface area contributed by atoms with Crippen molar-refractivity contribution in [3.05, 3.63) is 89.4 Å². The van der Waals surface area contributed by atoms with E-state index in [4.69, 9.17) is 18.5 Å². The molecule has 3 aromatic heterocycles. The Morgan fingerprint density at radius 2 is 1.79 bits per heavy atom. The van der Waals surface area contributed by atoms with Crippen molar-refractivity contribution in [2.24, 2.45) is 0 Å². The number of rotatable bonds is 7. The molecule has 9 nitrogen and oxygen atoms in total. The van der Waals surface area contributed by atoms with Crippen LogP contribution in [0.3, 0.4) is 0 Å². The molecule has 0 saturated carbocycles. The van der Waals surface area contributed by atoms with Gasteiger partial charge in [0.25, 0.3) is 5.89 Å². The number of esters is 1. The maximum Gasteiger partial charge on any atom is 0.342 e. The number of nitrogens with zero attached hydrogens (tertiary/aromatic N) is 4. The fraction of sp³-hybridized carbons (Fsp3) is 0.160. The van der Waals surface area contributed by atoms with Gasteiger partial charge in [-0.05, 0) is 48.9 Å². The molecular weight excluding hydrogens is 436 g/mol. The fourth-order valence-electron chi connectivity index (χ4n) is 3.49. The Bertz CT molecular complexity index is 1440. The third-order valence-electron chi connectivity index (χ3n) is 5.34. The van der Waals surface area contributed by atoms with E-state index in [0.29, 0.717) is 22.9 Å². The lowest BCUT2D eigenvalue weighted by molar-refractivity contribution is 0.0425. The molecule has 5 aromatic rings. The van der Waals surface area contributed by atoms with Gasteiger partial charge in [0.1, 0.15) is 23.7 Å². The van der Waals surface area contributed by atoms with Gasteiger partial charge in [-0.1, -0.05) is 34.6 Å². The maximum atomic E-state index is 13.0. The largest absolute Gasteiger partial charge is 0.488 e. The lowest BCUT2D eigenvalue weighted by Gasteiger charge is -2.12. The Morgan fingerprint density at radius 3 is 2.53 bits per heavy atom. The SMILES string of the molecule is Cc1noc(C)c1COc1cc2ccccc2cc1C(=O)OCc1nc(-c2cccnc2)no1. The molecule has 0 spiro atoms. The van der Waals surface area contributed by atoms with Crippen molar-refractivity contribution >= 4 is 16.7 Å². The van der Waals surface area contributed by atoms with E-state index in [9.17, 15) is 4.79 Å². The molecule has 0 bridgehead atoms. The summed E-state index contributed by atoms with van der Waals surface area (Å²) in [6, 6.07) is 14.8. The van der Waals surface area contributed by atoms with E-state index in [0.717, 1.165) is 22.0 Å². The molecule has 0 aliphatic rings. The summed E-state index contributed by atoms with van der Waals surface area (Å²) in [5.74, 6) is 1.04. The number of hydrogen-bond acceptors (Lipinski definition) is 9. The number of ether oxygens (including phenoxy) is 2. The van der Waals surface area contributed by atoms with Gasteiger partial charge in [-0.3, -0.25) is 4.98 Å². The molecule has 9 heteroatoms. The first kappa shape index (κ1) is 21.3. The number of benzene rings is 2.